The van der Waals surface area contributed by atoms with Crippen molar-refractivity contribution in [3.8, 4) is 0 Å². The number of piperazine rings is 1. The lowest BCUT2D eigenvalue weighted by atomic mass is 9.94. The van der Waals surface area contributed by atoms with Crippen LogP contribution in [0.15, 0.2) is 0 Å². The molecule has 1 aliphatic rings. The SMILES string of the molecule is CCCC1C(=O)NC(C)(C)C(=O)N1CCC(F)(F)F. The van der Waals surface area contributed by atoms with E-state index in [0.717, 1.165) is 4.90 Å². The summed E-state index contributed by atoms with van der Waals surface area (Å²) in [6.45, 7) is 4.34. The molecule has 1 atom stereocenters. The second kappa shape index (κ2) is 5.38. The van der Waals surface area contributed by atoms with Crippen LogP contribution >= 0.6 is 0 Å². The van der Waals surface area contributed by atoms with Crippen molar-refractivity contribution in [2.45, 2.75) is 57.8 Å². The Bertz CT molecular complexity index is 366. The second-order valence-corrected chi connectivity index (χ2v) is 5.28. The molecule has 19 heavy (non-hydrogen) atoms. The Balaban J connectivity index is 2.90. The molecule has 4 nitrogen and oxygen atoms in total. The quantitative estimate of drug-likeness (QED) is 0.854. The van der Waals surface area contributed by atoms with Crippen LogP contribution in [0.5, 0.6) is 0 Å². The standard InChI is InChI=1S/C12H19F3N2O2/c1-4-5-8-9(18)16-11(2,3)10(19)17(8)7-6-12(13,14)15/h8H,4-7H2,1-3H3,(H,16,18). The Morgan fingerprint density at radius 2 is 1.89 bits per heavy atom. The van der Waals surface area contributed by atoms with Gasteiger partial charge in [0.2, 0.25) is 11.8 Å². The minimum absolute atomic E-state index is 0.367. The predicted octanol–water partition coefficient (Wildman–Crippen LogP) is 1.84. The van der Waals surface area contributed by atoms with Gasteiger partial charge >= 0.3 is 6.18 Å². The molecular weight excluding hydrogens is 261 g/mol. The highest BCUT2D eigenvalue weighted by Crippen LogP contribution is 2.25. The molecule has 1 N–H and O–H groups in total. The van der Waals surface area contributed by atoms with Crippen molar-refractivity contribution in [3.05, 3.63) is 0 Å². The average molecular weight is 280 g/mol. The largest absolute Gasteiger partial charge is 0.390 e. The van der Waals surface area contributed by atoms with Crippen molar-refractivity contribution in [1.29, 1.82) is 0 Å². The topological polar surface area (TPSA) is 49.4 Å². The minimum Gasteiger partial charge on any atom is -0.340 e. The molecule has 0 spiro atoms. The second-order valence-electron chi connectivity index (χ2n) is 5.28. The lowest BCUT2D eigenvalue weighted by molar-refractivity contribution is -0.161. The predicted molar refractivity (Wildman–Crippen MR) is 63.3 cm³/mol. The first kappa shape index (κ1) is 15.8. The van der Waals surface area contributed by atoms with Crippen molar-refractivity contribution in [1.82, 2.24) is 10.2 Å². The van der Waals surface area contributed by atoms with Gasteiger partial charge in [0.25, 0.3) is 0 Å². The summed E-state index contributed by atoms with van der Waals surface area (Å²) in [7, 11) is 0. The van der Waals surface area contributed by atoms with Gasteiger partial charge in [-0.15, -0.1) is 0 Å². The Morgan fingerprint density at radius 3 is 2.37 bits per heavy atom. The molecule has 110 valence electrons. The maximum atomic E-state index is 12.3. The summed E-state index contributed by atoms with van der Waals surface area (Å²) >= 11 is 0. The van der Waals surface area contributed by atoms with E-state index in [1.807, 2.05) is 6.92 Å². The van der Waals surface area contributed by atoms with Gasteiger partial charge in [-0.25, -0.2) is 0 Å². The first-order valence-corrected chi connectivity index (χ1v) is 6.28. The van der Waals surface area contributed by atoms with Gasteiger partial charge < -0.3 is 10.2 Å². The molecule has 2 amide bonds. The van der Waals surface area contributed by atoms with Crippen LogP contribution in [0.2, 0.25) is 0 Å². The third-order valence-corrected chi connectivity index (χ3v) is 3.11. The summed E-state index contributed by atoms with van der Waals surface area (Å²) in [5.74, 6) is -0.844. The van der Waals surface area contributed by atoms with Crippen molar-refractivity contribution in [2.24, 2.45) is 0 Å². The number of hydrogen-bond donors (Lipinski definition) is 1. The Morgan fingerprint density at radius 1 is 1.32 bits per heavy atom. The monoisotopic (exact) mass is 280 g/mol. The number of carbonyl (C=O) groups is 2. The third-order valence-electron chi connectivity index (χ3n) is 3.11. The molecule has 1 fully saturated rings. The van der Waals surface area contributed by atoms with Crippen molar-refractivity contribution in [3.63, 3.8) is 0 Å². The molecule has 0 aliphatic carbocycles. The normalized spacial score (nSPS) is 23.5. The van der Waals surface area contributed by atoms with Gasteiger partial charge in [0.05, 0.1) is 6.42 Å². The van der Waals surface area contributed by atoms with Gasteiger partial charge in [0.1, 0.15) is 11.6 Å². The smallest absolute Gasteiger partial charge is 0.340 e. The van der Waals surface area contributed by atoms with E-state index in [1.54, 1.807) is 0 Å². The Hall–Kier alpha value is -1.27. The van der Waals surface area contributed by atoms with Crippen molar-refractivity contribution >= 4 is 11.8 Å². The van der Waals surface area contributed by atoms with Crippen LogP contribution in [0.3, 0.4) is 0 Å². The highest BCUT2D eigenvalue weighted by atomic mass is 19.4. The Kier molecular flexibility index (Phi) is 4.47. The third kappa shape index (κ3) is 3.84. The summed E-state index contributed by atoms with van der Waals surface area (Å²) in [6, 6.07) is -0.798. The van der Waals surface area contributed by atoms with E-state index in [0.29, 0.717) is 12.8 Å². The van der Waals surface area contributed by atoms with Crippen LogP contribution < -0.4 is 5.32 Å². The molecule has 0 aromatic carbocycles. The van der Waals surface area contributed by atoms with Crippen molar-refractivity contribution < 1.29 is 22.8 Å². The minimum atomic E-state index is -4.34. The number of hydrogen-bond acceptors (Lipinski definition) is 2. The molecule has 0 aromatic heterocycles. The molecular formula is C12H19F3N2O2. The van der Waals surface area contributed by atoms with E-state index in [1.165, 1.54) is 13.8 Å². The lowest BCUT2D eigenvalue weighted by Crippen LogP contribution is -2.68. The molecule has 0 saturated carbocycles. The van der Waals surface area contributed by atoms with Gasteiger partial charge in [-0.2, -0.15) is 13.2 Å². The number of halogens is 3. The molecule has 1 aliphatic heterocycles. The van der Waals surface area contributed by atoms with E-state index in [9.17, 15) is 22.8 Å². The zero-order valence-electron chi connectivity index (χ0n) is 11.3. The number of alkyl halides is 3. The zero-order chi connectivity index (χ0) is 14.8. The fraction of sp³-hybridized carbons (Fsp3) is 0.833. The van der Waals surface area contributed by atoms with Gasteiger partial charge in [-0.1, -0.05) is 13.3 Å². The molecule has 0 radical (unpaired) electrons. The molecule has 0 aromatic rings. The van der Waals surface area contributed by atoms with Crippen LogP contribution in [0.4, 0.5) is 13.2 Å². The molecule has 1 saturated heterocycles. The number of rotatable bonds is 4. The summed E-state index contributed by atoms with van der Waals surface area (Å²) in [6.07, 6.45) is -4.45. The van der Waals surface area contributed by atoms with Crippen LogP contribution in [0, 0.1) is 0 Å². The van der Waals surface area contributed by atoms with Gasteiger partial charge in [0.15, 0.2) is 0 Å². The first-order valence-electron chi connectivity index (χ1n) is 6.28. The first-order chi connectivity index (χ1) is 8.58. The van der Waals surface area contributed by atoms with E-state index in [-0.39, 0.29) is 5.91 Å². The highest BCUT2D eigenvalue weighted by molar-refractivity contribution is 5.99. The number of amides is 2. The summed E-state index contributed by atoms with van der Waals surface area (Å²) < 4.78 is 36.9. The van der Waals surface area contributed by atoms with Gasteiger partial charge in [0, 0.05) is 6.54 Å². The molecule has 7 heteroatoms. The highest BCUT2D eigenvalue weighted by Gasteiger charge is 2.45. The van der Waals surface area contributed by atoms with Gasteiger partial charge in [-0.3, -0.25) is 9.59 Å². The van der Waals surface area contributed by atoms with Crippen LogP contribution in [-0.2, 0) is 9.59 Å². The Labute approximate surface area is 110 Å². The molecule has 1 rings (SSSR count). The van der Waals surface area contributed by atoms with E-state index >= 15 is 0 Å². The zero-order valence-corrected chi connectivity index (χ0v) is 11.3. The number of nitrogens with one attached hydrogen (secondary N) is 1. The summed E-state index contributed by atoms with van der Waals surface area (Å²) in [4.78, 5) is 25.1. The van der Waals surface area contributed by atoms with Crippen LogP contribution in [0.25, 0.3) is 0 Å². The maximum absolute atomic E-state index is 12.3. The van der Waals surface area contributed by atoms with E-state index in [2.05, 4.69) is 5.32 Å². The molecule has 0 bridgehead atoms. The van der Waals surface area contributed by atoms with Crippen molar-refractivity contribution in [2.75, 3.05) is 6.54 Å². The molecule has 1 heterocycles. The average Bonchev–Trinajstić information content (AvgIpc) is 2.23. The van der Waals surface area contributed by atoms with Gasteiger partial charge in [-0.05, 0) is 20.3 Å². The maximum Gasteiger partial charge on any atom is 0.390 e. The number of nitrogens with zero attached hydrogens (tertiary/aromatic N) is 1. The summed E-state index contributed by atoms with van der Waals surface area (Å²) in [5, 5.41) is 2.56. The fourth-order valence-corrected chi connectivity index (χ4v) is 2.15. The van der Waals surface area contributed by atoms with E-state index in [4.69, 9.17) is 0 Å². The summed E-state index contributed by atoms with van der Waals surface area (Å²) in [5.41, 5.74) is -1.15. The van der Waals surface area contributed by atoms with Crippen LogP contribution in [-0.4, -0.2) is 41.0 Å². The van der Waals surface area contributed by atoms with E-state index < -0.39 is 36.6 Å². The fourth-order valence-electron chi connectivity index (χ4n) is 2.15. The molecule has 1 unspecified atom stereocenters. The van der Waals surface area contributed by atoms with Crippen LogP contribution in [0.1, 0.15) is 40.0 Å². The lowest BCUT2D eigenvalue weighted by Gasteiger charge is -2.43. The number of carbonyl (C=O) groups excluding carboxylic acids is 2.